The van der Waals surface area contributed by atoms with E-state index in [4.69, 9.17) is 0 Å². The molecular formula is C16H34O2. The van der Waals surface area contributed by atoms with Gasteiger partial charge in [0.2, 0.25) is 0 Å². The second-order valence-electron chi connectivity index (χ2n) is 5.58. The summed E-state index contributed by atoms with van der Waals surface area (Å²) in [4.78, 5) is 0. The molecule has 0 heterocycles. The molecule has 0 aromatic carbocycles. The Labute approximate surface area is 114 Å². The molecule has 2 unspecified atom stereocenters. The van der Waals surface area contributed by atoms with Gasteiger partial charge in [0.15, 0.2) is 0 Å². The first-order valence-corrected chi connectivity index (χ1v) is 8.06. The maximum absolute atomic E-state index is 9.68. The van der Waals surface area contributed by atoms with Gasteiger partial charge in [0, 0.05) is 0 Å². The van der Waals surface area contributed by atoms with Crippen molar-refractivity contribution in [1.82, 2.24) is 0 Å². The van der Waals surface area contributed by atoms with Gasteiger partial charge in [-0.2, -0.15) is 0 Å². The highest BCUT2D eigenvalue weighted by atomic mass is 16.3. The maximum atomic E-state index is 9.68. The Hall–Kier alpha value is -0.0800. The predicted octanol–water partition coefficient (Wildman–Crippen LogP) is 4.43. The second-order valence-corrected chi connectivity index (χ2v) is 5.58. The summed E-state index contributed by atoms with van der Waals surface area (Å²) in [6.07, 6.45) is 13.0. The van der Waals surface area contributed by atoms with Crippen LogP contribution in [0.2, 0.25) is 0 Å². The van der Waals surface area contributed by atoms with E-state index in [-0.39, 0.29) is 12.2 Å². The number of aliphatic hydroxyl groups excluding tert-OH is 2. The Balaban J connectivity index is 3.19. The van der Waals surface area contributed by atoms with Crippen molar-refractivity contribution in [3.63, 3.8) is 0 Å². The molecule has 0 radical (unpaired) electrons. The third-order valence-corrected chi connectivity index (χ3v) is 3.61. The summed E-state index contributed by atoms with van der Waals surface area (Å²) in [5, 5.41) is 19.4. The largest absolute Gasteiger partial charge is 0.393 e. The van der Waals surface area contributed by atoms with E-state index in [2.05, 4.69) is 13.8 Å². The van der Waals surface area contributed by atoms with E-state index in [1.165, 1.54) is 25.7 Å². The summed E-state index contributed by atoms with van der Waals surface area (Å²) in [5.74, 6) is 0. The maximum Gasteiger partial charge on any atom is 0.0540 e. The molecule has 0 aromatic heterocycles. The van der Waals surface area contributed by atoms with Crippen molar-refractivity contribution >= 4 is 0 Å². The van der Waals surface area contributed by atoms with Gasteiger partial charge >= 0.3 is 0 Å². The lowest BCUT2D eigenvalue weighted by atomic mass is 10.0. The molecule has 2 atom stereocenters. The van der Waals surface area contributed by atoms with Gasteiger partial charge in [0.05, 0.1) is 12.2 Å². The number of hydrogen-bond donors (Lipinski definition) is 2. The van der Waals surface area contributed by atoms with E-state index in [1.54, 1.807) is 0 Å². The highest BCUT2D eigenvalue weighted by Crippen LogP contribution is 2.13. The molecule has 0 aliphatic rings. The van der Waals surface area contributed by atoms with Crippen molar-refractivity contribution in [3.05, 3.63) is 0 Å². The summed E-state index contributed by atoms with van der Waals surface area (Å²) in [7, 11) is 0. The van der Waals surface area contributed by atoms with Gasteiger partial charge in [-0.05, 0) is 25.7 Å². The minimum Gasteiger partial charge on any atom is -0.393 e. The van der Waals surface area contributed by atoms with E-state index in [1.807, 2.05) is 0 Å². The predicted molar refractivity (Wildman–Crippen MR) is 78.8 cm³/mol. The zero-order chi connectivity index (χ0) is 13.6. The molecule has 0 aromatic rings. The van der Waals surface area contributed by atoms with Crippen molar-refractivity contribution in [2.24, 2.45) is 0 Å². The van der Waals surface area contributed by atoms with Gasteiger partial charge in [-0.3, -0.25) is 0 Å². The van der Waals surface area contributed by atoms with Crippen LogP contribution in [0.15, 0.2) is 0 Å². The van der Waals surface area contributed by atoms with Gasteiger partial charge in [-0.1, -0.05) is 65.2 Å². The smallest absolute Gasteiger partial charge is 0.0540 e. The molecule has 0 aliphatic heterocycles. The molecule has 0 amide bonds. The topological polar surface area (TPSA) is 40.5 Å². The summed E-state index contributed by atoms with van der Waals surface area (Å²) >= 11 is 0. The van der Waals surface area contributed by atoms with Gasteiger partial charge in [0.25, 0.3) is 0 Å². The van der Waals surface area contributed by atoms with Crippen LogP contribution in [0.4, 0.5) is 0 Å². The lowest BCUT2D eigenvalue weighted by molar-refractivity contribution is 0.142. The molecule has 0 bridgehead atoms. The van der Waals surface area contributed by atoms with Crippen LogP contribution in [-0.4, -0.2) is 22.4 Å². The lowest BCUT2D eigenvalue weighted by Gasteiger charge is -2.11. The normalized spacial score (nSPS) is 14.7. The molecule has 2 heteroatoms. The van der Waals surface area contributed by atoms with E-state index in [9.17, 15) is 10.2 Å². The molecule has 0 aliphatic carbocycles. The summed E-state index contributed by atoms with van der Waals surface area (Å²) in [5.41, 5.74) is 0. The van der Waals surface area contributed by atoms with Crippen LogP contribution in [-0.2, 0) is 0 Å². The molecule has 2 N–H and O–H groups in total. The average molecular weight is 258 g/mol. The highest BCUT2D eigenvalue weighted by molar-refractivity contribution is 4.58. The lowest BCUT2D eigenvalue weighted by Crippen LogP contribution is -2.06. The zero-order valence-corrected chi connectivity index (χ0v) is 12.5. The number of aliphatic hydroxyl groups is 2. The Morgan fingerprint density at radius 1 is 0.556 bits per heavy atom. The van der Waals surface area contributed by atoms with Crippen LogP contribution in [0, 0.1) is 0 Å². The van der Waals surface area contributed by atoms with Crippen LogP contribution in [0.1, 0.15) is 90.9 Å². The Morgan fingerprint density at radius 2 is 0.889 bits per heavy atom. The molecule has 0 saturated carbocycles. The molecule has 0 saturated heterocycles. The molecule has 0 spiro atoms. The van der Waals surface area contributed by atoms with Gasteiger partial charge in [-0.15, -0.1) is 0 Å². The Morgan fingerprint density at radius 3 is 1.22 bits per heavy atom. The fraction of sp³-hybridized carbons (Fsp3) is 1.00. The molecule has 0 fully saturated rings. The number of unbranched alkanes of at least 4 members (excludes halogenated alkanes) is 5. The highest BCUT2D eigenvalue weighted by Gasteiger charge is 2.04. The first-order chi connectivity index (χ1) is 8.70. The van der Waals surface area contributed by atoms with Crippen LogP contribution in [0.5, 0.6) is 0 Å². The third-order valence-electron chi connectivity index (χ3n) is 3.61. The van der Waals surface area contributed by atoms with Crippen molar-refractivity contribution < 1.29 is 10.2 Å². The fourth-order valence-corrected chi connectivity index (χ4v) is 2.28. The van der Waals surface area contributed by atoms with Crippen LogP contribution < -0.4 is 0 Å². The van der Waals surface area contributed by atoms with E-state index >= 15 is 0 Å². The minimum atomic E-state index is -0.0832. The zero-order valence-electron chi connectivity index (χ0n) is 12.5. The third kappa shape index (κ3) is 12.4. The summed E-state index contributed by atoms with van der Waals surface area (Å²) in [6.45, 7) is 4.33. The molecular weight excluding hydrogens is 224 g/mol. The van der Waals surface area contributed by atoms with Crippen LogP contribution in [0.3, 0.4) is 0 Å². The first kappa shape index (κ1) is 17.9. The van der Waals surface area contributed by atoms with Crippen LogP contribution in [0.25, 0.3) is 0 Å². The quantitative estimate of drug-likeness (QED) is 0.480. The average Bonchev–Trinajstić information content (AvgIpc) is 2.37. The molecule has 110 valence electrons. The SMILES string of the molecule is CCCCC(O)CCCCCCC(O)CCCC. The van der Waals surface area contributed by atoms with Crippen molar-refractivity contribution in [2.75, 3.05) is 0 Å². The minimum absolute atomic E-state index is 0.0832. The number of hydrogen-bond acceptors (Lipinski definition) is 2. The summed E-state index contributed by atoms with van der Waals surface area (Å²) < 4.78 is 0. The standard InChI is InChI=1S/C16H34O2/c1-3-5-11-15(17)13-9-7-8-10-14-16(18)12-6-4-2/h15-18H,3-14H2,1-2H3. The second kappa shape index (κ2) is 13.4. The van der Waals surface area contributed by atoms with Gasteiger partial charge in [-0.25, -0.2) is 0 Å². The van der Waals surface area contributed by atoms with E-state index in [0.717, 1.165) is 51.4 Å². The first-order valence-electron chi connectivity index (χ1n) is 8.06. The van der Waals surface area contributed by atoms with E-state index < -0.39 is 0 Å². The number of rotatable bonds is 13. The Kier molecular flexibility index (Phi) is 13.3. The molecule has 18 heavy (non-hydrogen) atoms. The van der Waals surface area contributed by atoms with Gasteiger partial charge < -0.3 is 10.2 Å². The van der Waals surface area contributed by atoms with Crippen LogP contribution >= 0.6 is 0 Å². The van der Waals surface area contributed by atoms with Crippen molar-refractivity contribution in [1.29, 1.82) is 0 Å². The van der Waals surface area contributed by atoms with Gasteiger partial charge in [0.1, 0.15) is 0 Å². The Bertz CT molecular complexity index is 141. The monoisotopic (exact) mass is 258 g/mol. The molecule has 0 rings (SSSR count). The van der Waals surface area contributed by atoms with Crippen molar-refractivity contribution in [2.45, 2.75) is 103 Å². The molecule has 2 nitrogen and oxygen atoms in total. The fourth-order valence-electron chi connectivity index (χ4n) is 2.28. The van der Waals surface area contributed by atoms with Crippen molar-refractivity contribution in [3.8, 4) is 0 Å². The summed E-state index contributed by atoms with van der Waals surface area (Å²) in [6, 6.07) is 0. The van der Waals surface area contributed by atoms with E-state index in [0.29, 0.717) is 0 Å².